The molecule has 2 N–H and O–H groups in total. The van der Waals surface area contributed by atoms with Crippen molar-refractivity contribution in [3.63, 3.8) is 0 Å². The summed E-state index contributed by atoms with van der Waals surface area (Å²) in [4.78, 5) is 21.2. The predicted octanol–water partition coefficient (Wildman–Crippen LogP) is 0.877. The number of hydrogen-bond donors (Lipinski definition) is 1. The zero-order chi connectivity index (χ0) is 12.0. The Bertz CT molecular complexity index is 354. The van der Waals surface area contributed by atoms with Crippen LogP contribution in [-0.4, -0.2) is 29.0 Å². The Kier molecular flexibility index (Phi) is 4.69. The fourth-order valence-electron chi connectivity index (χ4n) is 1.37. The zero-order valence-electron chi connectivity index (χ0n) is 9.81. The van der Waals surface area contributed by atoms with E-state index in [1.165, 1.54) is 0 Å². The molecule has 5 nitrogen and oxygen atoms in total. The molecular weight excluding hydrogens is 204 g/mol. The lowest BCUT2D eigenvalue weighted by Gasteiger charge is -2.20. The second kappa shape index (κ2) is 6.05. The molecule has 1 aromatic rings. The van der Waals surface area contributed by atoms with E-state index in [0.717, 1.165) is 25.1 Å². The normalized spacial score (nSPS) is 10.1. The number of rotatable bonds is 6. The summed E-state index contributed by atoms with van der Waals surface area (Å²) in [6.45, 7) is 4.92. The van der Waals surface area contributed by atoms with Crippen molar-refractivity contribution in [2.24, 2.45) is 5.73 Å². The van der Waals surface area contributed by atoms with Crippen molar-refractivity contribution in [2.75, 3.05) is 18.0 Å². The standard InChI is InChI=1S/C11H18N4O/c1-3-4-7-15(8-10(12)16)11-13-6-5-9(2)14-11/h5-6H,3-4,7-8H2,1-2H3,(H2,12,16). The smallest absolute Gasteiger partial charge is 0.237 e. The van der Waals surface area contributed by atoms with Crippen molar-refractivity contribution in [1.29, 1.82) is 0 Å². The topological polar surface area (TPSA) is 72.1 Å². The molecule has 0 saturated carbocycles. The van der Waals surface area contributed by atoms with Crippen LogP contribution in [0.4, 0.5) is 5.95 Å². The Balaban J connectivity index is 2.78. The number of nitrogens with zero attached hydrogens (tertiary/aromatic N) is 3. The number of primary amides is 1. The van der Waals surface area contributed by atoms with Gasteiger partial charge in [0.05, 0.1) is 6.54 Å². The van der Waals surface area contributed by atoms with E-state index in [1.807, 2.05) is 17.9 Å². The SMILES string of the molecule is CCCCN(CC(N)=O)c1nccc(C)n1. The van der Waals surface area contributed by atoms with Crippen LogP contribution in [-0.2, 0) is 4.79 Å². The molecule has 0 aliphatic heterocycles. The maximum absolute atomic E-state index is 11.0. The van der Waals surface area contributed by atoms with Crippen LogP contribution in [0.25, 0.3) is 0 Å². The minimum atomic E-state index is -0.360. The Morgan fingerprint density at radius 3 is 2.88 bits per heavy atom. The first-order valence-corrected chi connectivity index (χ1v) is 5.46. The van der Waals surface area contributed by atoms with Gasteiger partial charge in [0.1, 0.15) is 0 Å². The van der Waals surface area contributed by atoms with Gasteiger partial charge < -0.3 is 10.6 Å². The highest BCUT2D eigenvalue weighted by Crippen LogP contribution is 2.08. The largest absolute Gasteiger partial charge is 0.368 e. The first-order valence-electron chi connectivity index (χ1n) is 5.46. The molecular formula is C11H18N4O. The van der Waals surface area contributed by atoms with E-state index in [0.29, 0.717) is 5.95 Å². The molecule has 0 saturated heterocycles. The highest BCUT2D eigenvalue weighted by molar-refractivity contribution is 5.78. The monoisotopic (exact) mass is 222 g/mol. The lowest BCUT2D eigenvalue weighted by atomic mass is 10.3. The maximum atomic E-state index is 11.0. The molecule has 1 rings (SSSR count). The van der Waals surface area contributed by atoms with Gasteiger partial charge in [-0.25, -0.2) is 9.97 Å². The number of unbranched alkanes of at least 4 members (excludes halogenated alkanes) is 1. The number of nitrogens with two attached hydrogens (primary N) is 1. The van der Waals surface area contributed by atoms with Crippen molar-refractivity contribution in [3.8, 4) is 0 Å². The molecule has 0 fully saturated rings. The maximum Gasteiger partial charge on any atom is 0.237 e. The van der Waals surface area contributed by atoms with E-state index in [-0.39, 0.29) is 12.5 Å². The summed E-state index contributed by atoms with van der Waals surface area (Å²) in [6.07, 6.45) is 3.74. The Morgan fingerprint density at radius 2 is 2.31 bits per heavy atom. The van der Waals surface area contributed by atoms with E-state index >= 15 is 0 Å². The summed E-state index contributed by atoms with van der Waals surface area (Å²) >= 11 is 0. The third kappa shape index (κ3) is 3.84. The number of aryl methyl sites for hydroxylation is 1. The van der Waals surface area contributed by atoms with Gasteiger partial charge in [-0.05, 0) is 19.4 Å². The van der Waals surface area contributed by atoms with Crippen molar-refractivity contribution in [3.05, 3.63) is 18.0 Å². The minimum Gasteiger partial charge on any atom is -0.368 e. The van der Waals surface area contributed by atoms with Crippen LogP contribution in [0.1, 0.15) is 25.5 Å². The Morgan fingerprint density at radius 1 is 1.56 bits per heavy atom. The Hall–Kier alpha value is -1.65. The molecule has 0 aromatic carbocycles. The van der Waals surface area contributed by atoms with Crippen molar-refractivity contribution >= 4 is 11.9 Å². The highest BCUT2D eigenvalue weighted by Gasteiger charge is 2.11. The number of aromatic nitrogens is 2. The quantitative estimate of drug-likeness (QED) is 0.775. The van der Waals surface area contributed by atoms with Gasteiger partial charge in [-0.2, -0.15) is 0 Å². The van der Waals surface area contributed by atoms with Gasteiger partial charge in [-0.3, -0.25) is 4.79 Å². The molecule has 0 aliphatic carbocycles. The summed E-state index contributed by atoms with van der Waals surface area (Å²) in [5.74, 6) is 0.216. The molecule has 5 heteroatoms. The lowest BCUT2D eigenvalue weighted by molar-refractivity contribution is -0.116. The van der Waals surface area contributed by atoms with Gasteiger partial charge in [-0.15, -0.1) is 0 Å². The van der Waals surface area contributed by atoms with Crippen LogP contribution in [0.2, 0.25) is 0 Å². The number of carbonyl (C=O) groups excluding carboxylic acids is 1. The molecule has 1 amide bonds. The molecule has 1 aromatic heterocycles. The van der Waals surface area contributed by atoms with Crippen LogP contribution in [0.5, 0.6) is 0 Å². The Labute approximate surface area is 95.7 Å². The van der Waals surface area contributed by atoms with Gasteiger partial charge in [0.15, 0.2) is 0 Å². The first kappa shape index (κ1) is 12.4. The fraction of sp³-hybridized carbons (Fsp3) is 0.545. The second-order valence-corrected chi connectivity index (χ2v) is 3.74. The van der Waals surface area contributed by atoms with Crippen LogP contribution >= 0.6 is 0 Å². The molecule has 16 heavy (non-hydrogen) atoms. The molecule has 0 aliphatic rings. The van der Waals surface area contributed by atoms with Crippen LogP contribution in [0, 0.1) is 6.92 Å². The molecule has 0 radical (unpaired) electrons. The molecule has 0 spiro atoms. The molecule has 0 unspecified atom stereocenters. The fourth-order valence-corrected chi connectivity index (χ4v) is 1.37. The summed E-state index contributed by atoms with van der Waals surface area (Å²) in [5, 5.41) is 0. The zero-order valence-corrected chi connectivity index (χ0v) is 9.81. The average molecular weight is 222 g/mol. The van der Waals surface area contributed by atoms with Gasteiger partial charge in [0.25, 0.3) is 0 Å². The summed E-state index contributed by atoms with van der Waals surface area (Å²) in [7, 11) is 0. The number of carbonyl (C=O) groups is 1. The summed E-state index contributed by atoms with van der Waals surface area (Å²) in [6, 6.07) is 1.83. The molecule has 1 heterocycles. The average Bonchev–Trinajstić information content (AvgIpc) is 2.23. The van der Waals surface area contributed by atoms with E-state index in [9.17, 15) is 4.79 Å². The highest BCUT2D eigenvalue weighted by atomic mass is 16.1. The third-order valence-electron chi connectivity index (χ3n) is 2.19. The molecule has 0 atom stereocenters. The van der Waals surface area contributed by atoms with Crippen molar-refractivity contribution in [2.45, 2.75) is 26.7 Å². The van der Waals surface area contributed by atoms with E-state index in [1.54, 1.807) is 6.20 Å². The van der Waals surface area contributed by atoms with Crippen LogP contribution < -0.4 is 10.6 Å². The van der Waals surface area contributed by atoms with Crippen molar-refractivity contribution in [1.82, 2.24) is 9.97 Å². The van der Waals surface area contributed by atoms with Gasteiger partial charge in [-0.1, -0.05) is 13.3 Å². The molecule has 0 bridgehead atoms. The number of hydrogen-bond acceptors (Lipinski definition) is 4. The number of anilines is 1. The van der Waals surface area contributed by atoms with Crippen LogP contribution in [0.3, 0.4) is 0 Å². The predicted molar refractivity (Wildman–Crippen MR) is 63.1 cm³/mol. The van der Waals surface area contributed by atoms with Gasteiger partial charge in [0.2, 0.25) is 11.9 Å². The second-order valence-electron chi connectivity index (χ2n) is 3.74. The van der Waals surface area contributed by atoms with Gasteiger partial charge >= 0.3 is 0 Å². The summed E-state index contributed by atoms with van der Waals surface area (Å²) < 4.78 is 0. The lowest BCUT2D eigenvalue weighted by Crippen LogP contribution is -2.35. The van der Waals surface area contributed by atoms with Gasteiger partial charge in [0, 0.05) is 18.4 Å². The minimum absolute atomic E-state index is 0.170. The first-order chi connectivity index (χ1) is 7.63. The number of amides is 1. The van der Waals surface area contributed by atoms with E-state index in [2.05, 4.69) is 16.9 Å². The van der Waals surface area contributed by atoms with Crippen molar-refractivity contribution < 1.29 is 4.79 Å². The van der Waals surface area contributed by atoms with Crippen LogP contribution in [0.15, 0.2) is 12.3 Å². The van der Waals surface area contributed by atoms with E-state index < -0.39 is 0 Å². The summed E-state index contributed by atoms with van der Waals surface area (Å²) in [5.41, 5.74) is 6.09. The molecule has 88 valence electrons. The third-order valence-corrected chi connectivity index (χ3v) is 2.19. The van der Waals surface area contributed by atoms with E-state index in [4.69, 9.17) is 5.73 Å².